The van der Waals surface area contributed by atoms with E-state index < -0.39 is 12.6 Å². The molecule has 102 valence electrons. The minimum atomic E-state index is -4.04. The van der Waals surface area contributed by atoms with E-state index >= 15 is 0 Å². The lowest BCUT2D eigenvalue weighted by atomic mass is 10.1. The number of rotatable bonds is 9. The molecule has 0 aromatic carbocycles. The quantitative estimate of drug-likeness (QED) is 0.503. The van der Waals surface area contributed by atoms with Crippen LogP contribution in [0.3, 0.4) is 0 Å². The fraction of sp³-hybridized carbons (Fsp3) is 0.833. The van der Waals surface area contributed by atoms with Gasteiger partial charge in [0.05, 0.1) is 13.2 Å². The zero-order valence-electron chi connectivity index (χ0n) is 10.6. The summed E-state index contributed by atoms with van der Waals surface area (Å²) in [5.74, 6) is 0. The third-order valence-electron chi connectivity index (χ3n) is 2.19. The van der Waals surface area contributed by atoms with Crippen molar-refractivity contribution in [3.63, 3.8) is 0 Å². The van der Waals surface area contributed by atoms with E-state index in [2.05, 4.69) is 11.9 Å². The second kappa shape index (κ2) is 8.53. The molecule has 0 bridgehead atoms. The fourth-order valence-corrected chi connectivity index (χ4v) is 1.33. The van der Waals surface area contributed by atoms with Crippen molar-refractivity contribution in [1.82, 2.24) is 5.32 Å². The summed E-state index contributed by atoms with van der Waals surface area (Å²) in [6, 6.07) is 0.0887. The first kappa shape index (κ1) is 16.4. The monoisotopic (exact) mass is 253 g/mol. The summed E-state index contributed by atoms with van der Waals surface area (Å²) in [5.41, 5.74) is 0.961. The van der Waals surface area contributed by atoms with Crippen LogP contribution < -0.4 is 5.32 Å². The maximum Gasteiger partial charge on any atom is 0.389 e. The Kier molecular flexibility index (Phi) is 8.25. The zero-order chi connectivity index (χ0) is 13.3. The summed E-state index contributed by atoms with van der Waals surface area (Å²) >= 11 is 0. The highest BCUT2D eigenvalue weighted by molar-refractivity contribution is 4.87. The first-order valence-electron chi connectivity index (χ1n) is 5.83. The smallest absolute Gasteiger partial charge is 0.376 e. The molecule has 1 unspecified atom stereocenters. The minimum Gasteiger partial charge on any atom is -0.376 e. The van der Waals surface area contributed by atoms with Crippen molar-refractivity contribution in [2.24, 2.45) is 0 Å². The van der Waals surface area contributed by atoms with Gasteiger partial charge >= 0.3 is 6.18 Å². The Morgan fingerprint density at radius 1 is 1.41 bits per heavy atom. The maximum atomic E-state index is 11.9. The molecule has 17 heavy (non-hydrogen) atoms. The van der Waals surface area contributed by atoms with E-state index in [1.54, 1.807) is 0 Å². The van der Waals surface area contributed by atoms with Gasteiger partial charge in [-0.3, -0.25) is 0 Å². The highest BCUT2D eigenvalue weighted by atomic mass is 19.4. The number of hydrogen-bond acceptors (Lipinski definition) is 2. The molecule has 0 heterocycles. The molecule has 0 aliphatic heterocycles. The molecule has 0 amide bonds. The van der Waals surface area contributed by atoms with Crippen molar-refractivity contribution < 1.29 is 17.9 Å². The lowest BCUT2D eigenvalue weighted by Crippen LogP contribution is -2.29. The van der Waals surface area contributed by atoms with E-state index in [9.17, 15) is 13.2 Å². The topological polar surface area (TPSA) is 21.3 Å². The van der Waals surface area contributed by atoms with Crippen LogP contribution in [0.15, 0.2) is 12.2 Å². The van der Waals surface area contributed by atoms with E-state index in [0.29, 0.717) is 26.2 Å². The van der Waals surface area contributed by atoms with Gasteiger partial charge < -0.3 is 10.1 Å². The van der Waals surface area contributed by atoms with E-state index in [0.717, 1.165) is 5.57 Å². The van der Waals surface area contributed by atoms with Crippen LogP contribution in [0.4, 0.5) is 13.2 Å². The largest absolute Gasteiger partial charge is 0.389 e. The average Bonchev–Trinajstić information content (AvgIpc) is 2.14. The Bertz CT molecular complexity index is 216. The van der Waals surface area contributed by atoms with Gasteiger partial charge in [-0.2, -0.15) is 13.2 Å². The molecule has 1 atom stereocenters. The molecule has 0 radical (unpaired) electrons. The van der Waals surface area contributed by atoms with E-state index in [1.165, 1.54) is 0 Å². The van der Waals surface area contributed by atoms with Gasteiger partial charge in [0.1, 0.15) is 0 Å². The molecule has 0 saturated carbocycles. The van der Waals surface area contributed by atoms with Crippen molar-refractivity contribution in [2.75, 3.05) is 19.8 Å². The molecule has 0 saturated heterocycles. The predicted octanol–water partition coefficient (Wildman–Crippen LogP) is 3.29. The summed E-state index contributed by atoms with van der Waals surface area (Å²) in [5, 5.41) is 3.12. The van der Waals surface area contributed by atoms with E-state index in [4.69, 9.17) is 4.74 Å². The Balaban J connectivity index is 3.35. The first-order chi connectivity index (χ1) is 7.81. The number of ether oxygens (including phenoxy) is 1. The maximum absolute atomic E-state index is 11.9. The number of nitrogens with one attached hydrogen (secondary N) is 1. The van der Waals surface area contributed by atoms with Crippen molar-refractivity contribution in [3.8, 4) is 0 Å². The zero-order valence-corrected chi connectivity index (χ0v) is 10.6. The summed E-state index contributed by atoms with van der Waals surface area (Å²) < 4.78 is 40.9. The van der Waals surface area contributed by atoms with Gasteiger partial charge in [0, 0.05) is 19.0 Å². The molecule has 0 aromatic heterocycles. The molecule has 0 aliphatic rings. The second-order valence-electron chi connectivity index (χ2n) is 4.37. The normalized spacial score (nSPS) is 13.7. The fourth-order valence-electron chi connectivity index (χ4n) is 1.33. The average molecular weight is 253 g/mol. The predicted molar refractivity (Wildman–Crippen MR) is 63.0 cm³/mol. The molecule has 0 rings (SSSR count). The van der Waals surface area contributed by atoms with Crippen LogP contribution in [-0.4, -0.2) is 32.0 Å². The molecule has 0 fully saturated rings. The molecule has 1 N–H and O–H groups in total. The van der Waals surface area contributed by atoms with Crippen molar-refractivity contribution in [3.05, 3.63) is 12.2 Å². The van der Waals surface area contributed by atoms with Crippen molar-refractivity contribution in [2.45, 2.75) is 45.3 Å². The third kappa shape index (κ3) is 13.4. The number of alkyl halides is 3. The van der Waals surface area contributed by atoms with Gasteiger partial charge in [-0.05, 0) is 26.7 Å². The Hall–Kier alpha value is -0.550. The summed E-state index contributed by atoms with van der Waals surface area (Å²) in [6.07, 6.45) is -4.04. The highest BCUT2D eigenvalue weighted by Gasteiger charge is 2.26. The van der Waals surface area contributed by atoms with Crippen molar-refractivity contribution in [1.29, 1.82) is 0 Å². The standard InChI is InChI=1S/C12H22F3NO/c1-10(2)9-17-8-7-16-11(3)5-4-6-12(13,14)15/h11,16H,1,4-9H2,2-3H3. The number of hydrogen-bond donors (Lipinski definition) is 1. The van der Waals surface area contributed by atoms with Crippen LogP contribution >= 0.6 is 0 Å². The van der Waals surface area contributed by atoms with Crippen LogP contribution in [0.25, 0.3) is 0 Å². The highest BCUT2D eigenvalue weighted by Crippen LogP contribution is 2.22. The van der Waals surface area contributed by atoms with Crippen LogP contribution in [0.5, 0.6) is 0 Å². The van der Waals surface area contributed by atoms with Crippen LogP contribution in [0.2, 0.25) is 0 Å². The summed E-state index contributed by atoms with van der Waals surface area (Å²) in [4.78, 5) is 0. The lowest BCUT2D eigenvalue weighted by Gasteiger charge is -2.14. The van der Waals surface area contributed by atoms with Crippen molar-refractivity contribution >= 4 is 0 Å². The van der Waals surface area contributed by atoms with Crippen LogP contribution in [-0.2, 0) is 4.74 Å². The molecular formula is C12H22F3NO. The van der Waals surface area contributed by atoms with Gasteiger partial charge in [-0.1, -0.05) is 12.2 Å². The summed E-state index contributed by atoms with van der Waals surface area (Å²) in [6.45, 7) is 9.20. The molecular weight excluding hydrogens is 231 g/mol. The molecule has 5 heteroatoms. The van der Waals surface area contributed by atoms with E-state index in [1.807, 2.05) is 13.8 Å². The molecule has 2 nitrogen and oxygen atoms in total. The lowest BCUT2D eigenvalue weighted by molar-refractivity contribution is -0.135. The van der Waals surface area contributed by atoms with Gasteiger partial charge in [-0.25, -0.2) is 0 Å². The Morgan fingerprint density at radius 2 is 2.06 bits per heavy atom. The van der Waals surface area contributed by atoms with Gasteiger partial charge in [0.2, 0.25) is 0 Å². The van der Waals surface area contributed by atoms with Crippen LogP contribution in [0, 0.1) is 0 Å². The second-order valence-corrected chi connectivity index (χ2v) is 4.37. The van der Waals surface area contributed by atoms with Gasteiger partial charge in [0.25, 0.3) is 0 Å². The summed E-state index contributed by atoms with van der Waals surface area (Å²) in [7, 11) is 0. The first-order valence-corrected chi connectivity index (χ1v) is 5.83. The molecule has 0 spiro atoms. The molecule has 0 aromatic rings. The minimum absolute atomic E-state index is 0.0887. The Labute approximate surface area is 101 Å². The molecule has 0 aliphatic carbocycles. The van der Waals surface area contributed by atoms with Gasteiger partial charge in [0.15, 0.2) is 0 Å². The van der Waals surface area contributed by atoms with Gasteiger partial charge in [-0.15, -0.1) is 0 Å². The SMILES string of the molecule is C=C(C)COCCNC(C)CCCC(F)(F)F. The third-order valence-corrected chi connectivity index (χ3v) is 2.19. The van der Waals surface area contributed by atoms with Crippen LogP contribution in [0.1, 0.15) is 33.1 Å². The Morgan fingerprint density at radius 3 is 2.59 bits per heavy atom. The van der Waals surface area contributed by atoms with E-state index in [-0.39, 0.29) is 12.5 Å². The number of halogens is 3.